The van der Waals surface area contributed by atoms with Gasteiger partial charge in [-0.05, 0) is 37.3 Å². The Balaban J connectivity index is 2.17. The highest BCUT2D eigenvalue weighted by molar-refractivity contribution is 6.43. The van der Waals surface area contributed by atoms with Crippen LogP contribution in [0.1, 0.15) is 68.2 Å². The lowest BCUT2D eigenvalue weighted by Crippen LogP contribution is -2.09. The quantitative estimate of drug-likeness (QED) is 0.575. The van der Waals surface area contributed by atoms with Gasteiger partial charge in [0.25, 0.3) is 0 Å². The molecule has 142 valence electrons. The topological polar surface area (TPSA) is 62.7 Å². The van der Waals surface area contributed by atoms with Gasteiger partial charge >= 0.3 is 0 Å². The number of fused-ring (bicyclic) bond motifs is 1. The van der Waals surface area contributed by atoms with Crippen molar-refractivity contribution in [3.63, 3.8) is 0 Å². The second-order valence-electron chi connectivity index (χ2n) is 7.21. The van der Waals surface area contributed by atoms with E-state index in [4.69, 9.17) is 28.9 Å². The Morgan fingerprint density at radius 1 is 0.926 bits per heavy atom. The summed E-state index contributed by atoms with van der Waals surface area (Å²) in [7, 11) is 0. The zero-order chi connectivity index (χ0) is 19.2. The number of benzene rings is 1. The van der Waals surface area contributed by atoms with E-state index in [2.05, 4.69) is 11.1 Å². The van der Waals surface area contributed by atoms with E-state index >= 15 is 0 Å². The summed E-state index contributed by atoms with van der Waals surface area (Å²) in [5.74, 6) is 0.286. The highest BCUT2D eigenvalue weighted by atomic mass is 35.5. The van der Waals surface area contributed by atoms with Crippen molar-refractivity contribution in [1.82, 2.24) is 4.98 Å². The van der Waals surface area contributed by atoms with Gasteiger partial charge in [-0.1, -0.05) is 73.9 Å². The normalized spacial score (nSPS) is 15.9. The van der Waals surface area contributed by atoms with Crippen molar-refractivity contribution in [2.75, 3.05) is 5.73 Å². The minimum atomic E-state index is 0.286. The molecule has 5 heteroatoms. The summed E-state index contributed by atoms with van der Waals surface area (Å²) in [6.45, 7) is 0. The number of rotatable bonds is 1. The van der Waals surface area contributed by atoms with E-state index in [1.165, 1.54) is 38.5 Å². The molecule has 2 aromatic rings. The van der Waals surface area contributed by atoms with Crippen LogP contribution >= 0.6 is 23.2 Å². The molecule has 0 bridgehead atoms. The van der Waals surface area contributed by atoms with E-state index in [1.54, 1.807) is 6.07 Å². The lowest BCUT2D eigenvalue weighted by atomic mass is 9.89. The van der Waals surface area contributed by atoms with Crippen molar-refractivity contribution in [2.45, 2.75) is 64.2 Å². The Morgan fingerprint density at radius 3 is 2.22 bits per heavy atom. The van der Waals surface area contributed by atoms with E-state index in [0.29, 0.717) is 15.6 Å². The van der Waals surface area contributed by atoms with E-state index in [-0.39, 0.29) is 5.82 Å². The van der Waals surface area contributed by atoms with Crippen LogP contribution in [0.25, 0.3) is 11.1 Å². The maximum atomic E-state index is 9.78. The minimum Gasteiger partial charge on any atom is -0.383 e. The van der Waals surface area contributed by atoms with Gasteiger partial charge in [0, 0.05) is 16.8 Å². The van der Waals surface area contributed by atoms with Crippen molar-refractivity contribution >= 4 is 29.0 Å². The molecule has 0 atom stereocenters. The lowest BCUT2D eigenvalue weighted by molar-refractivity contribution is 0.557. The first-order valence-corrected chi connectivity index (χ1v) is 10.5. The van der Waals surface area contributed by atoms with Crippen LogP contribution in [-0.4, -0.2) is 4.98 Å². The van der Waals surface area contributed by atoms with Crippen LogP contribution in [-0.2, 0) is 12.8 Å². The number of nitrogens with zero attached hydrogens (tertiary/aromatic N) is 2. The molecule has 3 rings (SSSR count). The lowest BCUT2D eigenvalue weighted by Gasteiger charge is -2.19. The molecule has 1 aromatic carbocycles. The highest BCUT2D eigenvalue weighted by Gasteiger charge is 2.22. The molecule has 1 aliphatic rings. The fourth-order valence-electron chi connectivity index (χ4n) is 3.93. The molecule has 0 unspecified atom stereocenters. The molecule has 1 heterocycles. The summed E-state index contributed by atoms with van der Waals surface area (Å²) in [4.78, 5) is 4.63. The zero-order valence-electron chi connectivity index (χ0n) is 15.5. The molecule has 1 aliphatic carbocycles. The fourth-order valence-corrected chi connectivity index (χ4v) is 4.33. The second kappa shape index (κ2) is 9.44. The van der Waals surface area contributed by atoms with Gasteiger partial charge in [-0.15, -0.1) is 0 Å². The molecule has 0 radical (unpaired) electrons. The Labute approximate surface area is 171 Å². The number of aryl methyl sites for hydroxylation is 1. The summed E-state index contributed by atoms with van der Waals surface area (Å²) >= 11 is 12.8. The third-order valence-electron chi connectivity index (χ3n) is 5.33. The largest absolute Gasteiger partial charge is 0.383 e. The monoisotopic (exact) mass is 401 g/mol. The molecule has 2 N–H and O–H groups in total. The third kappa shape index (κ3) is 4.57. The molecular formula is C22H25Cl2N3. The minimum absolute atomic E-state index is 0.286. The van der Waals surface area contributed by atoms with Crippen molar-refractivity contribution in [3.8, 4) is 17.2 Å². The molecule has 0 spiro atoms. The van der Waals surface area contributed by atoms with Crippen LogP contribution in [0.4, 0.5) is 5.82 Å². The maximum Gasteiger partial charge on any atom is 0.142 e. The number of nitriles is 1. The molecule has 1 aromatic heterocycles. The van der Waals surface area contributed by atoms with Gasteiger partial charge in [-0.2, -0.15) is 5.26 Å². The van der Waals surface area contributed by atoms with Gasteiger partial charge in [0.2, 0.25) is 0 Å². The van der Waals surface area contributed by atoms with Crippen LogP contribution in [0, 0.1) is 11.3 Å². The van der Waals surface area contributed by atoms with Crippen LogP contribution < -0.4 is 5.73 Å². The van der Waals surface area contributed by atoms with E-state index in [0.717, 1.165) is 48.1 Å². The summed E-state index contributed by atoms with van der Waals surface area (Å²) in [6, 6.07) is 7.80. The van der Waals surface area contributed by atoms with E-state index in [9.17, 15) is 5.26 Å². The number of hydrogen-bond acceptors (Lipinski definition) is 3. The first kappa shape index (κ1) is 20.0. The van der Waals surface area contributed by atoms with Crippen LogP contribution in [0.3, 0.4) is 0 Å². The first-order valence-electron chi connectivity index (χ1n) is 9.79. The van der Waals surface area contributed by atoms with Crippen molar-refractivity contribution in [2.24, 2.45) is 0 Å². The highest BCUT2D eigenvalue weighted by Crippen LogP contribution is 2.40. The second-order valence-corrected chi connectivity index (χ2v) is 8.00. The smallest absolute Gasteiger partial charge is 0.142 e. The van der Waals surface area contributed by atoms with Crippen LogP contribution in [0.5, 0.6) is 0 Å². The van der Waals surface area contributed by atoms with Gasteiger partial charge < -0.3 is 5.73 Å². The Morgan fingerprint density at radius 2 is 1.56 bits per heavy atom. The third-order valence-corrected chi connectivity index (χ3v) is 6.15. The average molecular weight is 402 g/mol. The Kier molecular flexibility index (Phi) is 6.99. The number of nitrogens with two attached hydrogens (primary N) is 1. The molecule has 0 saturated heterocycles. The predicted octanol–water partition coefficient (Wildman–Crippen LogP) is 6.73. The summed E-state index contributed by atoms with van der Waals surface area (Å²) in [6.07, 6.45) is 11.5. The van der Waals surface area contributed by atoms with Crippen molar-refractivity contribution in [1.29, 1.82) is 5.26 Å². The SMILES string of the molecule is N#Cc1c(N)nc2c(c1-c1cccc(Cl)c1Cl)CCCCCCCCCC2. The zero-order valence-corrected chi connectivity index (χ0v) is 17.0. The van der Waals surface area contributed by atoms with Gasteiger partial charge in [0.1, 0.15) is 17.5 Å². The van der Waals surface area contributed by atoms with Gasteiger partial charge in [0.05, 0.1) is 10.0 Å². The molecule has 0 amide bonds. The summed E-state index contributed by atoms with van der Waals surface area (Å²) in [5, 5.41) is 10.7. The van der Waals surface area contributed by atoms with Gasteiger partial charge in [-0.3, -0.25) is 0 Å². The van der Waals surface area contributed by atoms with Crippen molar-refractivity contribution < 1.29 is 0 Å². The predicted molar refractivity (Wildman–Crippen MR) is 113 cm³/mol. The number of aromatic nitrogens is 1. The van der Waals surface area contributed by atoms with E-state index < -0.39 is 0 Å². The Bertz CT molecular complexity index is 856. The summed E-state index contributed by atoms with van der Waals surface area (Å²) < 4.78 is 0. The maximum absolute atomic E-state index is 9.78. The number of nitrogen functional groups attached to an aromatic ring is 1. The fraction of sp³-hybridized carbons (Fsp3) is 0.455. The summed E-state index contributed by atoms with van der Waals surface area (Å²) in [5.41, 5.74) is 10.3. The first-order chi connectivity index (χ1) is 13.1. The molecule has 0 aliphatic heterocycles. The Hall–Kier alpha value is -1.76. The molecule has 27 heavy (non-hydrogen) atoms. The molecular weight excluding hydrogens is 377 g/mol. The number of halogens is 2. The standard InChI is InChI=1S/C22H25Cl2N3/c23-18-12-9-11-16(21(18)24)20-15-10-7-5-3-1-2-4-6-8-13-19(15)27-22(26)17(20)14-25/h9,11-12H,1-8,10,13H2,(H2,26,27). The van der Waals surface area contributed by atoms with Crippen LogP contribution in [0.15, 0.2) is 18.2 Å². The number of hydrogen-bond donors (Lipinski definition) is 1. The molecule has 3 nitrogen and oxygen atoms in total. The van der Waals surface area contributed by atoms with Crippen LogP contribution in [0.2, 0.25) is 10.0 Å². The number of pyridine rings is 1. The molecule has 0 fully saturated rings. The number of anilines is 1. The average Bonchev–Trinajstić information content (AvgIpc) is 2.65. The van der Waals surface area contributed by atoms with Gasteiger partial charge in [-0.25, -0.2) is 4.98 Å². The molecule has 0 saturated carbocycles. The van der Waals surface area contributed by atoms with Gasteiger partial charge in [0.15, 0.2) is 0 Å². The van der Waals surface area contributed by atoms with Crippen molar-refractivity contribution in [3.05, 3.63) is 45.1 Å². The van der Waals surface area contributed by atoms with E-state index in [1.807, 2.05) is 12.1 Å².